The summed E-state index contributed by atoms with van der Waals surface area (Å²) >= 11 is 0. The van der Waals surface area contributed by atoms with Crippen LogP contribution in [0.4, 0.5) is 5.69 Å². The fourth-order valence-corrected chi connectivity index (χ4v) is 2.77. The van der Waals surface area contributed by atoms with E-state index in [0.29, 0.717) is 5.41 Å². The van der Waals surface area contributed by atoms with Crippen LogP contribution in [0.15, 0.2) is 48.5 Å². The third-order valence-electron chi connectivity index (χ3n) is 3.62. The largest absolute Gasteiger partial charge is 0.366 e. The van der Waals surface area contributed by atoms with E-state index in [4.69, 9.17) is 0 Å². The first-order valence-electron chi connectivity index (χ1n) is 9.47. The second kappa shape index (κ2) is 8.00. The van der Waals surface area contributed by atoms with Crippen molar-refractivity contribution in [2.75, 3.05) is 11.4 Å². The molecule has 1 nitrogen and oxygen atoms in total. The first kappa shape index (κ1) is 20.1. The summed E-state index contributed by atoms with van der Waals surface area (Å²) in [5.74, 6) is 6.67. The number of fused-ring (bicyclic) bond motifs is 2. The minimum Gasteiger partial charge on any atom is -0.366 e. The van der Waals surface area contributed by atoms with E-state index in [1.54, 1.807) is 0 Å². The summed E-state index contributed by atoms with van der Waals surface area (Å²) in [6.07, 6.45) is 0. The summed E-state index contributed by atoms with van der Waals surface area (Å²) in [7, 11) is 0. The molecule has 0 amide bonds. The molecule has 1 heteroatoms. The maximum Gasteiger partial charge on any atom is 0.0528 e. The van der Waals surface area contributed by atoms with Gasteiger partial charge >= 0.3 is 0 Å². The molecule has 0 atom stereocenters. The summed E-state index contributed by atoms with van der Waals surface area (Å²) in [6, 6.07) is 16.9. The van der Waals surface area contributed by atoms with Crippen molar-refractivity contribution in [3.63, 3.8) is 0 Å². The fraction of sp³-hybridized carbons (Fsp3) is 0.440. The lowest BCUT2D eigenvalue weighted by atomic mass is 9.94. The van der Waals surface area contributed by atoms with Gasteiger partial charge in [0.1, 0.15) is 0 Å². The first-order chi connectivity index (χ1) is 12.0. The van der Waals surface area contributed by atoms with Gasteiger partial charge in [-0.1, -0.05) is 90.6 Å². The molecule has 1 heterocycles. The Hall–Kier alpha value is -2.20. The van der Waals surface area contributed by atoms with Crippen molar-refractivity contribution in [1.29, 1.82) is 0 Å². The number of para-hydroxylation sites is 1. The van der Waals surface area contributed by atoms with Crippen LogP contribution in [0.5, 0.6) is 0 Å². The first-order valence-corrected chi connectivity index (χ1v) is 9.47. The zero-order valence-corrected chi connectivity index (χ0v) is 17.5. The standard InChI is InChI=1S/C20H21N.C5H12/c1-20(2,3)15-21-14-18-10-5-4-8-16(18)12-13-17-9-6-7-11-19(17)21;1-5(2,3)4/h4-11H,14-15H2,1-3H3;1-4H3. The Bertz CT molecular complexity index is 785. The van der Waals surface area contributed by atoms with Crippen LogP contribution in [0.1, 0.15) is 65.2 Å². The van der Waals surface area contributed by atoms with Crippen molar-refractivity contribution in [1.82, 2.24) is 0 Å². The van der Waals surface area contributed by atoms with Crippen LogP contribution in [0.3, 0.4) is 0 Å². The van der Waals surface area contributed by atoms with Crippen molar-refractivity contribution in [2.45, 2.75) is 55.0 Å². The van der Waals surface area contributed by atoms with Crippen LogP contribution in [0.2, 0.25) is 0 Å². The highest BCUT2D eigenvalue weighted by Gasteiger charge is 2.20. The molecule has 2 aromatic carbocycles. The molecule has 0 spiro atoms. The van der Waals surface area contributed by atoms with Gasteiger partial charge in [0.05, 0.1) is 5.69 Å². The molecular weight excluding hydrogens is 314 g/mol. The van der Waals surface area contributed by atoms with Gasteiger partial charge in [0.2, 0.25) is 0 Å². The van der Waals surface area contributed by atoms with Gasteiger partial charge in [0.25, 0.3) is 0 Å². The lowest BCUT2D eigenvalue weighted by molar-refractivity contribution is 0.408. The second-order valence-corrected chi connectivity index (χ2v) is 9.84. The molecule has 1 aliphatic heterocycles. The van der Waals surface area contributed by atoms with Gasteiger partial charge < -0.3 is 4.90 Å². The normalized spacial score (nSPS) is 13.1. The highest BCUT2D eigenvalue weighted by atomic mass is 15.1. The predicted octanol–water partition coefficient (Wildman–Crippen LogP) is 6.50. The van der Waals surface area contributed by atoms with Crippen molar-refractivity contribution >= 4 is 5.69 Å². The molecule has 138 valence electrons. The molecule has 0 saturated carbocycles. The minimum absolute atomic E-state index is 0.245. The molecule has 0 aromatic heterocycles. The van der Waals surface area contributed by atoms with Crippen LogP contribution in [-0.2, 0) is 6.54 Å². The van der Waals surface area contributed by atoms with Gasteiger partial charge in [-0.25, -0.2) is 0 Å². The van der Waals surface area contributed by atoms with Crippen molar-refractivity contribution in [2.24, 2.45) is 10.8 Å². The zero-order chi connectivity index (χ0) is 19.4. The van der Waals surface area contributed by atoms with Crippen molar-refractivity contribution in [3.8, 4) is 11.8 Å². The highest BCUT2D eigenvalue weighted by Crippen LogP contribution is 2.28. The SMILES string of the molecule is CC(C)(C)C.CC(C)(C)CN1Cc2ccccc2C#Cc2ccccc21. The summed E-state index contributed by atoms with van der Waals surface area (Å²) in [4.78, 5) is 2.46. The number of hydrogen-bond donors (Lipinski definition) is 0. The molecule has 0 aliphatic carbocycles. The predicted molar refractivity (Wildman–Crippen MR) is 114 cm³/mol. The van der Waals surface area contributed by atoms with E-state index in [9.17, 15) is 0 Å². The van der Waals surface area contributed by atoms with Gasteiger partial charge in [-0.05, 0) is 34.6 Å². The molecule has 0 saturated heterocycles. The van der Waals surface area contributed by atoms with Gasteiger partial charge in [-0.15, -0.1) is 0 Å². The smallest absolute Gasteiger partial charge is 0.0528 e. The molecule has 0 bridgehead atoms. The molecule has 0 radical (unpaired) electrons. The van der Waals surface area contributed by atoms with E-state index in [-0.39, 0.29) is 5.41 Å². The third kappa shape index (κ3) is 6.60. The quantitative estimate of drug-likeness (QED) is 0.532. The third-order valence-corrected chi connectivity index (χ3v) is 3.62. The van der Waals surface area contributed by atoms with E-state index in [0.717, 1.165) is 24.2 Å². The lowest BCUT2D eigenvalue weighted by Crippen LogP contribution is -2.33. The van der Waals surface area contributed by atoms with Crippen molar-refractivity contribution in [3.05, 3.63) is 65.2 Å². The number of hydrogen-bond acceptors (Lipinski definition) is 1. The summed E-state index contributed by atoms with van der Waals surface area (Å²) < 4.78 is 0. The van der Waals surface area contributed by atoms with Crippen LogP contribution < -0.4 is 4.90 Å². The van der Waals surface area contributed by atoms with Crippen LogP contribution >= 0.6 is 0 Å². The van der Waals surface area contributed by atoms with Gasteiger partial charge in [-0.2, -0.15) is 0 Å². The number of benzene rings is 2. The summed E-state index contributed by atoms with van der Waals surface area (Å²) in [6.45, 7) is 17.5. The maximum atomic E-state index is 3.35. The van der Waals surface area contributed by atoms with Crippen LogP contribution in [-0.4, -0.2) is 6.54 Å². The summed E-state index contributed by atoms with van der Waals surface area (Å²) in [5, 5.41) is 0. The molecule has 0 fully saturated rings. The Kier molecular flexibility index (Phi) is 6.19. The monoisotopic (exact) mass is 347 g/mol. The average molecular weight is 348 g/mol. The Morgan fingerprint density at radius 3 is 1.88 bits per heavy atom. The van der Waals surface area contributed by atoms with E-state index in [1.165, 1.54) is 11.3 Å². The number of nitrogens with zero attached hydrogens (tertiary/aromatic N) is 1. The maximum absolute atomic E-state index is 3.35. The van der Waals surface area contributed by atoms with Crippen LogP contribution in [0.25, 0.3) is 0 Å². The molecule has 26 heavy (non-hydrogen) atoms. The molecule has 1 aliphatic rings. The second-order valence-electron chi connectivity index (χ2n) is 9.84. The van der Waals surface area contributed by atoms with Crippen LogP contribution in [0, 0.1) is 22.7 Å². The Labute approximate surface area is 160 Å². The van der Waals surface area contributed by atoms with Gasteiger partial charge in [0.15, 0.2) is 0 Å². The fourth-order valence-electron chi connectivity index (χ4n) is 2.77. The molecule has 0 unspecified atom stereocenters. The minimum atomic E-state index is 0.245. The Balaban J connectivity index is 0.000000431. The lowest BCUT2D eigenvalue weighted by Gasteiger charge is -2.33. The van der Waals surface area contributed by atoms with E-state index in [1.807, 2.05) is 0 Å². The van der Waals surface area contributed by atoms with E-state index in [2.05, 4.69) is 114 Å². The van der Waals surface area contributed by atoms with E-state index >= 15 is 0 Å². The van der Waals surface area contributed by atoms with Gasteiger partial charge in [-0.3, -0.25) is 0 Å². The highest BCUT2D eigenvalue weighted by molar-refractivity contribution is 5.64. The molecular formula is C25H33N. The van der Waals surface area contributed by atoms with E-state index < -0.39 is 0 Å². The zero-order valence-electron chi connectivity index (χ0n) is 17.5. The van der Waals surface area contributed by atoms with Crippen molar-refractivity contribution < 1.29 is 0 Å². The Morgan fingerprint density at radius 2 is 1.27 bits per heavy atom. The van der Waals surface area contributed by atoms with Gasteiger partial charge in [0, 0.05) is 24.2 Å². The summed E-state index contributed by atoms with van der Waals surface area (Å²) in [5.41, 5.74) is 5.56. The molecule has 0 N–H and O–H groups in total. The number of rotatable bonds is 1. The molecule has 3 rings (SSSR count). The topological polar surface area (TPSA) is 3.24 Å². The Morgan fingerprint density at radius 1 is 0.769 bits per heavy atom. The average Bonchev–Trinajstić information content (AvgIpc) is 2.49. The number of anilines is 1. The molecule has 2 aromatic rings.